The van der Waals surface area contributed by atoms with Crippen LogP contribution in [-0.2, 0) is 40.1 Å². The van der Waals surface area contributed by atoms with Crippen LogP contribution < -0.4 is 15.0 Å². The van der Waals surface area contributed by atoms with Gasteiger partial charge in [0.1, 0.15) is 19.8 Å². The third kappa shape index (κ3) is 11.4. The summed E-state index contributed by atoms with van der Waals surface area (Å²) in [6, 6.07) is 34.2. The van der Waals surface area contributed by atoms with Crippen LogP contribution in [0.1, 0.15) is 82.1 Å². The number of hydrogen-bond donors (Lipinski definition) is 2. The molecular weight excluding hydrogens is 840 g/mol. The highest BCUT2D eigenvalue weighted by atomic mass is 19.1. The largest absolute Gasteiger partial charge is 0.486 e. The Morgan fingerprint density at radius 2 is 1.55 bits per heavy atom. The maximum absolute atomic E-state index is 15.2. The summed E-state index contributed by atoms with van der Waals surface area (Å²) in [6.45, 7) is 5.95. The Balaban J connectivity index is 1.27. The van der Waals surface area contributed by atoms with Gasteiger partial charge in [-0.15, -0.1) is 0 Å². The van der Waals surface area contributed by atoms with Gasteiger partial charge in [0.05, 0.1) is 24.2 Å². The number of benzene rings is 5. The minimum absolute atomic E-state index is 0.000747. The van der Waals surface area contributed by atoms with Crippen molar-refractivity contribution in [2.75, 3.05) is 38.7 Å². The van der Waals surface area contributed by atoms with Gasteiger partial charge in [-0.05, 0) is 88.9 Å². The van der Waals surface area contributed by atoms with E-state index < -0.39 is 47.5 Å². The van der Waals surface area contributed by atoms with Crippen molar-refractivity contribution in [3.63, 3.8) is 0 Å². The molecule has 0 radical (unpaired) electrons. The van der Waals surface area contributed by atoms with Crippen molar-refractivity contribution < 1.29 is 42.9 Å². The second-order valence-electron chi connectivity index (χ2n) is 18.0. The first kappa shape index (κ1) is 47.0. The molecule has 2 aliphatic rings. The molecule has 344 valence electrons. The number of amides is 4. The van der Waals surface area contributed by atoms with Crippen LogP contribution in [0.5, 0.6) is 5.75 Å². The van der Waals surface area contributed by atoms with E-state index in [0.29, 0.717) is 18.4 Å². The van der Waals surface area contributed by atoms with Gasteiger partial charge in [0.2, 0.25) is 0 Å². The first-order valence-electron chi connectivity index (χ1n) is 22.1. The van der Waals surface area contributed by atoms with Crippen LogP contribution in [-0.4, -0.2) is 84.8 Å². The van der Waals surface area contributed by atoms with E-state index in [4.69, 9.17) is 14.2 Å². The van der Waals surface area contributed by atoms with Gasteiger partial charge in [-0.25, -0.2) is 14.0 Å². The monoisotopic (exact) mass is 896 g/mol. The zero-order valence-corrected chi connectivity index (χ0v) is 38.0. The molecule has 2 atom stereocenters. The number of aliphatic hydroxyl groups excluding tert-OH is 1. The molecule has 0 saturated heterocycles. The molecule has 4 amide bonds. The molecule has 1 saturated carbocycles. The molecule has 1 heterocycles. The topological polar surface area (TPSA) is 138 Å². The minimum Gasteiger partial charge on any atom is -0.486 e. The number of rotatable bonds is 10. The molecule has 0 unspecified atom stereocenters. The molecule has 5 aromatic rings. The van der Waals surface area contributed by atoms with Gasteiger partial charge in [0.25, 0.3) is 11.8 Å². The number of carbonyl (C=O) groups is 4. The van der Waals surface area contributed by atoms with Gasteiger partial charge < -0.3 is 29.5 Å². The Morgan fingerprint density at radius 3 is 2.20 bits per heavy atom. The maximum atomic E-state index is 15.2. The Bertz CT molecular complexity index is 2560. The Morgan fingerprint density at radius 1 is 0.864 bits per heavy atom. The number of fused-ring (bicyclic) bond motifs is 4. The van der Waals surface area contributed by atoms with Crippen molar-refractivity contribution in [3.05, 3.63) is 178 Å². The highest BCUT2D eigenvalue weighted by molar-refractivity contribution is 6.02. The molecule has 1 aliphatic heterocycles. The molecule has 7 rings (SSSR count). The average molecular weight is 897 g/mol. The predicted molar refractivity (Wildman–Crippen MR) is 250 cm³/mol. The summed E-state index contributed by atoms with van der Waals surface area (Å²) in [5.74, 6) is -1.77. The normalized spacial score (nSPS) is 16.7. The number of halogens is 1. The lowest BCUT2D eigenvalue weighted by Crippen LogP contribution is -2.53. The second kappa shape index (κ2) is 20.5. The number of hydrogen-bond acceptors (Lipinski definition) is 8. The van der Waals surface area contributed by atoms with Crippen LogP contribution >= 0.6 is 0 Å². The van der Waals surface area contributed by atoms with Crippen LogP contribution in [0.2, 0.25) is 0 Å². The number of ether oxygens (including phenoxy) is 3. The van der Waals surface area contributed by atoms with E-state index in [0.717, 1.165) is 22.3 Å². The van der Waals surface area contributed by atoms with Crippen LogP contribution in [0.4, 0.5) is 19.7 Å². The fourth-order valence-electron chi connectivity index (χ4n) is 7.97. The highest BCUT2D eigenvalue weighted by Gasteiger charge is 2.53. The van der Waals surface area contributed by atoms with Crippen molar-refractivity contribution in [1.82, 2.24) is 15.1 Å². The third-order valence-corrected chi connectivity index (χ3v) is 11.9. The lowest BCUT2D eigenvalue weighted by molar-refractivity contribution is 0.0319. The summed E-state index contributed by atoms with van der Waals surface area (Å²) in [7, 11) is 3.15. The SMILES string of the molecule is CN(C)C(=O)c1cc2cc(c1)N(C(=O)OCc1ccccc1)C/C=C\COc1cc(ccc1F)C[C@@H]([C@H](O)CN(C(=O)OCc1ccccc1)C1(c3cccc(C(C)(C)C)c3)CC1)NC2=O. The standard InChI is InChI=1S/C53H57FN4O8/c1-52(2,3)41-19-14-20-42(32-41)53(23-24-53)58(51(63)66-35-37-17-10-7-11-18-37)33-46(59)45-27-38-21-22-44(54)47(28-38)64-26-13-12-25-57(50(62)65-34-36-15-8-6-9-16-36)43-30-39(48(60)55-45)29-40(31-43)49(61)56(4)5/h6-22,28-32,45-46,59H,23-27,33-35H2,1-5H3,(H,55,60)/b13-12-/t45-,46+/m0/s1. The number of nitrogens with one attached hydrogen (secondary N) is 1. The van der Waals surface area contributed by atoms with E-state index in [-0.39, 0.29) is 67.3 Å². The molecule has 12 nitrogen and oxygen atoms in total. The molecule has 13 heteroatoms. The first-order valence-corrected chi connectivity index (χ1v) is 22.1. The van der Waals surface area contributed by atoms with Crippen LogP contribution in [0.15, 0.2) is 133 Å². The van der Waals surface area contributed by atoms with Crippen molar-refractivity contribution in [2.24, 2.45) is 0 Å². The summed E-state index contributed by atoms with van der Waals surface area (Å²) >= 11 is 0. The van der Waals surface area contributed by atoms with E-state index in [1.807, 2.05) is 72.8 Å². The Kier molecular flexibility index (Phi) is 14.6. The smallest absolute Gasteiger partial charge is 0.414 e. The van der Waals surface area contributed by atoms with Crippen LogP contribution in [0.25, 0.3) is 0 Å². The number of carbonyl (C=O) groups excluding carboxylic acids is 4. The summed E-state index contributed by atoms with van der Waals surface area (Å²) in [6.07, 6.45) is 1.68. The predicted octanol–water partition coefficient (Wildman–Crippen LogP) is 8.95. The van der Waals surface area contributed by atoms with Gasteiger partial charge in [-0.1, -0.05) is 118 Å². The Hall–Kier alpha value is -6.99. The molecule has 2 N–H and O–H groups in total. The van der Waals surface area contributed by atoms with Gasteiger partial charge in [-0.3, -0.25) is 19.4 Å². The van der Waals surface area contributed by atoms with Crippen molar-refractivity contribution in [1.29, 1.82) is 0 Å². The summed E-state index contributed by atoms with van der Waals surface area (Å²) in [4.78, 5) is 60.7. The van der Waals surface area contributed by atoms with E-state index in [1.165, 1.54) is 40.1 Å². The van der Waals surface area contributed by atoms with Crippen LogP contribution in [0.3, 0.4) is 0 Å². The van der Waals surface area contributed by atoms with Gasteiger partial charge in [0, 0.05) is 37.5 Å². The molecule has 66 heavy (non-hydrogen) atoms. The molecule has 5 aromatic carbocycles. The number of aliphatic hydroxyl groups is 1. The Labute approximate surface area is 385 Å². The number of nitrogens with zero attached hydrogens (tertiary/aromatic N) is 3. The summed E-state index contributed by atoms with van der Waals surface area (Å²) in [5.41, 5.74) is 3.41. The zero-order valence-electron chi connectivity index (χ0n) is 38.0. The zero-order chi connectivity index (χ0) is 47.0. The third-order valence-electron chi connectivity index (χ3n) is 11.9. The quantitative estimate of drug-likeness (QED) is 0.133. The molecular formula is C53H57FN4O8. The number of anilines is 1. The summed E-state index contributed by atoms with van der Waals surface area (Å²) in [5, 5.41) is 15.4. The van der Waals surface area contributed by atoms with E-state index in [9.17, 15) is 24.3 Å². The minimum atomic E-state index is -1.41. The lowest BCUT2D eigenvalue weighted by Gasteiger charge is -2.36. The van der Waals surface area contributed by atoms with Gasteiger partial charge in [0.15, 0.2) is 11.6 Å². The van der Waals surface area contributed by atoms with Crippen molar-refractivity contribution in [3.8, 4) is 5.75 Å². The van der Waals surface area contributed by atoms with E-state index in [1.54, 1.807) is 37.2 Å². The second-order valence-corrected chi connectivity index (χ2v) is 18.0. The molecule has 1 aliphatic carbocycles. The lowest BCUT2D eigenvalue weighted by atomic mass is 9.85. The highest BCUT2D eigenvalue weighted by Crippen LogP contribution is 2.52. The molecule has 0 spiro atoms. The van der Waals surface area contributed by atoms with Crippen LogP contribution in [0, 0.1) is 5.82 Å². The molecule has 0 aromatic heterocycles. The van der Waals surface area contributed by atoms with Crippen molar-refractivity contribution >= 4 is 29.7 Å². The summed E-state index contributed by atoms with van der Waals surface area (Å²) < 4.78 is 32.8. The first-order chi connectivity index (χ1) is 31.6. The van der Waals surface area contributed by atoms with Crippen molar-refractivity contribution in [2.45, 2.75) is 76.3 Å². The molecule has 1 fully saturated rings. The van der Waals surface area contributed by atoms with E-state index in [2.05, 4.69) is 38.2 Å². The maximum Gasteiger partial charge on any atom is 0.414 e. The average Bonchev–Trinajstić information content (AvgIpc) is 4.12. The fraction of sp³-hybridized carbons (Fsp3) is 0.321. The fourth-order valence-corrected chi connectivity index (χ4v) is 7.97. The van der Waals surface area contributed by atoms with Gasteiger partial charge in [-0.2, -0.15) is 0 Å². The van der Waals surface area contributed by atoms with E-state index >= 15 is 4.39 Å². The molecule has 4 bridgehead atoms. The van der Waals surface area contributed by atoms with Gasteiger partial charge >= 0.3 is 12.2 Å².